The second kappa shape index (κ2) is 3.99. The summed E-state index contributed by atoms with van der Waals surface area (Å²) in [6, 6.07) is 6.22. The SMILES string of the molecule is CC1(C)CCC(O)(c2ccc3c(c2)CCO3)CC1. The van der Waals surface area contributed by atoms with Crippen LogP contribution in [-0.2, 0) is 12.0 Å². The van der Waals surface area contributed by atoms with Gasteiger partial charge in [-0.2, -0.15) is 0 Å². The number of ether oxygens (including phenoxy) is 1. The molecule has 1 N–H and O–H groups in total. The Hall–Kier alpha value is -1.02. The molecular weight excluding hydrogens is 224 g/mol. The maximum absolute atomic E-state index is 10.9. The van der Waals surface area contributed by atoms with Crippen molar-refractivity contribution in [3.8, 4) is 5.75 Å². The van der Waals surface area contributed by atoms with Gasteiger partial charge in [0.15, 0.2) is 0 Å². The molecule has 0 bridgehead atoms. The molecule has 1 aromatic rings. The molecule has 3 rings (SSSR count). The highest BCUT2D eigenvalue weighted by atomic mass is 16.5. The summed E-state index contributed by atoms with van der Waals surface area (Å²) >= 11 is 0. The van der Waals surface area contributed by atoms with Gasteiger partial charge in [-0.15, -0.1) is 0 Å². The predicted octanol–water partition coefficient (Wildman–Crippen LogP) is 3.41. The van der Waals surface area contributed by atoms with Crippen LogP contribution in [0.15, 0.2) is 18.2 Å². The molecule has 2 nitrogen and oxygen atoms in total. The first-order valence-electron chi connectivity index (χ1n) is 6.97. The van der Waals surface area contributed by atoms with Crippen LogP contribution in [0.5, 0.6) is 5.75 Å². The molecule has 1 fully saturated rings. The van der Waals surface area contributed by atoms with Crippen molar-refractivity contribution in [3.05, 3.63) is 29.3 Å². The first kappa shape index (κ1) is 12.0. The van der Waals surface area contributed by atoms with E-state index < -0.39 is 5.60 Å². The van der Waals surface area contributed by atoms with Crippen molar-refractivity contribution in [2.75, 3.05) is 6.61 Å². The largest absolute Gasteiger partial charge is 0.493 e. The molecule has 1 heterocycles. The van der Waals surface area contributed by atoms with E-state index in [9.17, 15) is 5.11 Å². The van der Waals surface area contributed by atoms with Crippen LogP contribution >= 0.6 is 0 Å². The lowest BCUT2D eigenvalue weighted by Crippen LogP contribution is -2.34. The minimum absolute atomic E-state index is 0.381. The zero-order chi connectivity index (χ0) is 12.8. The molecule has 1 aliphatic heterocycles. The van der Waals surface area contributed by atoms with Gasteiger partial charge in [0.2, 0.25) is 0 Å². The summed E-state index contributed by atoms with van der Waals surface area (Å²) in [6.07, 6.45) is 4.91. The molecule has 1 aliphatic carbocycles. The number of aliphatic hydroxyl groups is 1. The second-order valence-electron chi connectivity index (χ2n) is 6.62. The first-order chi connectivity index (χ1) is 8.49. The molecule has 0 unspecified atom stereocenters. The Morgan fingerprint density at radius 3 is 2.56 bits per heavy atom. The van der Waals surface area contributed by atoms with Crippen LogP contribution < -0.4 is 4.74 Å². The Morgan fingerprint density at radius 2 is 1.83 bits per heavy atom. The third-order valence-corrected chi connectivity index (χ3v) is 4.66. The Bertz CT molecular complexity index is 452. The summed E-state index contributed by atoms with van der Waals surface area (Å²) in [7, 11) is 0. The molecule has 98 valence electrons. The summed E-state index contributed by atoms with van der Waals surface area (Å²) in [6.45, 7) is 5.37. The van der Waals surface area contributed by atoms with Crippen molar-refractivity contribution in [1.29, 1.82) is 0 Å². The lowest BCUT2D eigenvalue weighted by Gasteiger charge is -2.40. The third kappa shape index (κ3) is 2.03. The van der Waals surface area contributed by atoms with E-state index in [0.29, 0.717) is 5.41 Å². The van der Waals surface area contributed by atoms with E-state index in [-0.39, 0.29) is 0 Å². The predicted molar refractivity (Wildman–Crippen MR) is 71.8 cm³/mol. The molecule has 0 saturated heterocycles. The standard InChI is InChI=1S/C16H22O2/c1-15(2)6-8-16(17,9-7-15)13-3-4-14-12(11-13)5-10-18-14/h3-4,11,17H,5-10H2,1-2H3. The minimum atomic E-state index is -0.618. The second-order valence-corrected chi connectivity index (χ2v) is 6.62. The van der Waals surface area contributed by atoms with E-state index >= 15 is 0 Å². The summed E-state index contributed by atoms with van der Waals surface area (Å²) in [4.78, 5) is 0. The van der Waals surface area contributed by atoms with Gasteiger partial charge in [0.1, 0.15) is 5.75 Å². The van der Waals surface area contributed by atoms with Crippen LogP contribution in [0.2, 0.25) is 0 Å². The summed E-state index contributed by atoms with van der Waals surface area (Å²) in [5.74, 6) is 0.999. The van der Waals surface area contributed by atoms with Crippen LogP contribution in [0.1, 0.15) is 50.7 Å². The van der Waals surface area contributed by atoms with Crippen LogP contribution in [0, 0.1) is 5.41 Å². The number of fused-ring (bicyclic) bond motifs is 1. The molecule has 0 radical (unpaired) electrons. The van der Waals surface area contributed by atoms with Gasteiger partial charge in [-0.25, -0.2) is 0 Å². The fourth-order valence-electron chi connectivity index (χ4n) is 3.11. The molecule has 1 saturated carbocycles. The Morgan fingerprint density at radius 1 is 1.11 bits per heavy atom. The van der Waals surface area contributed by atoms with E-state index in [4.69, 9.17) is 4.74 Å². The first-order valence-corrected chi connectivity index (χ1v) is 6.97. The summed E-state index contributed by atoms with van der Waals surface area (Å²) in [5.41, 5.74) is 2.10. The molecule has 2 heteroatoms. The molecule has 2 aliphatic rings. The summed E-state index contributed by atoms with van der Waals surface area (Å²) < 4.78 is 5.53. The van der Waals surface area contributed by atoms with Crippen molar-refractivity contribution in [2.45, 2.75) is 51.6 Å². The fourth-order valence-corrected chi connectivity index (χ4v) is 3.11. The number of benzene rings is 1. The van der Waals surface area contributed by atoms with Gasteiger partial charge < -0.3 is 9.84 Å². The quantitative estimate of drug-likeness (QED) is 0.823. The third-order valence-electron chi connectivity index (χ3n) is 4.66. The van der Waals surface area contributed by atoms with Crippen molar-refractivity contribution >= 4 is 0 Å². The van der Waals surface area contributed by atoms with Crippen LogP contribution in [0.3, 0.4) is 0 Å². The van der Waals surface area contributed by atoms with E-state index in [2.05, 4.69) is 19.9 Å². The highest BCUT2D eigenvalue weighted by molar-refractivity contribution is 5.41. The van der Waals surface area contributed by atoms with Gasteiger partial charge in [0.05, 0.1) is 12.2 Å². The number of hydrogen-bond donors (Lipinski definition) is 1. The smallest absolute Gasteiger partial charge is 0.122 e. The highest BCUT2D eigenvalue weighted by Crippen LogP contribution is 2.45. The fraction of sp³-hybridized carbons (Fsp3) is 0.625. The van der Waals surface area contributed by atoms with Gasteiger partial charge in [-0.1, -0.05) is 19.9 Å². The molecule has 18 heavy (non-hydrogen) atoms. The maximum Gasteiger partial charge on any atom is 0.122 e. The topological polar surface area (TPSA) is 29.5 Å². The zero-order valence-electron chi connectivity index (χ0n) is 11.3. The Labute approximate surface area is 109 Å². The van der Waals surface area contributed by atoms with Gasteiger partial charge in [-0.05, 0) is 54.4 Å². The van der Waals surface area contributed by atoms with E-state index in [0.717, 1.165) is 50.0 Å². The monoisotopic (exact) mass is 246 g/mol. The molecular formula is C16H22O2. The van der Waals surface area contributed by atoms with Crippen molar-refractivity contribution in [3.63, 3.8) is 0 Å². The van der Waals surface area contributed by atoms with E-state index in [1.165, 1.54) is 5.56 Å². The van der Waals surface area contributed by atoms with Crippen LogP contribution in [0.4, 0.5) is 0 Å². The average molecular weight is 246 g/mol. The zero-order valence-corrected chi connectivity index (χ0v) is 11.3. The van der Waals surface area contributed by atoms with Gasteiger partial charge in [0.25, 0.3) is 0 Å². The minimum Gasteiger partial charge on any atom is -0.493 e. The normalized spacial score (nSPS) is 24.4. The molecule has 0 amide bonds. The van der Waals surface area contributed by atoms with Crippen molar-refractivity contribution < 1.29 is 9.84 Å². The lowest BCUT2D eigenvalue weighted by atomic mass is 9.68. The van der Waals surface area contributed by atoms with E-state index in [1.54, 1.807) is 0 Å². The van der Waals surface area contributed by atoms with Crippen molar-refractivity contribution in [2.24, 2.45) is 5.41 Å². The Kier molecular flexibility index (Phi) is 2.67. The maximum atomic E-state index is 10.9. The summed E-state index contributed by atoms with van der Waals surface area (Å²) in [5, 5.41) is 10.9. The van der Waals surface area contributed by atoms with Gasteiger partial charge in [0, 0.05) is 6.42 Å². The number of hydrogen-bond acceptors (Lipinski definition) is 2. The van der Waals surface area contributed by atoms with Gasteiger partial charge >= 0.3 is 0 Å². The van der Waals surface area contributed by atoms with E-state index in [1.807, 2.05) is 12.1 Å². The van der Waals surface area contributed by atoms with Crippen LogP contribution in [-0.4, -0.2) is 11.7 Å². The molecule has 0 atom stereocenters. The van der Waals surface area contributed by atoms with Gasteiger partial charge in [-0.3, -0.25) is 0 Å². The molecule has 1 aromatic carbocycles. The van der Waals surface area contributed by atoms with Crippen LogP contribution in [0.25, 0.3) is 0 Å². The van der Waals surface area contributed by atoms with Crippen molar-refractivity contribution in [1.82, 2.24) is 0 Å². The highest BCUT2D eigenvalue weighted by Gasteiger charge is 2.38. The Balaban J connectivity index is 1.86. The average Bonchev–Trinajstić information content (AvgIpc) is 2.80. The molecule has 0 aromatic heterocycles. The lowest BCUT2D eigenvalue weighted by molar-refractivity contribution is -0.0306. The number of rotatable bonds is 1. The molecule has 0 spiro atoms.